The monoisotopic (exact) mass is 608 g/mol. The lowest BCUT2D eigenvalue weighted by atomic mass is 9.96. The van der Waals surface area contributed by atoms with Crippen LogP contribution in [0.1, 0.15) is 36.6 Å². The largest absolute Gasteiger partial charge is 0.497 e. The third-order valence-electron chi connectivity index (χ3n) is 6.54. The molecule has 41 heavy (non-hydrogen) atoms. The number of halogens is 2. The van der Waals surface area contributed by atoms with Crippen molar-refractivity contribution in [2.24, 2.45) is 4.99 Å². The fourth-order valence-electron chi connectivity index (χ4n) is 4.50. The summed E-state index contributed by atoms with van der Waals surface area (Å²) in [7, 11) is 1.58. The lowest BCUT2D eigenvalue weighted by Gasteiger charge is -2.24. The van der Waals surface area contributed by atoms with Gasteiger partial charge in [-0.25, -0.2) is 9.79 Å². The molecule has 0 spiro atoms. The number of thiazole rings is 1. The van der Waals surface area contributed by atoms with E-state index in [0.717, 1.165) is 16.7 Å². The van der Waals surface area contributed by atoms with Crippen molar-refractivity contribution in [3.8, 4) is 11.5 Å². The first-order valence-electron chi connectivity index (χ1n) is 12.8. The van der Waals surface area contributed by atoms with Crippen LogP contribution in [0, 0.1) is 0 Å². The van der Waals surface area contributed by atoms with Crippen LogP contribution in [0.2, 0.25) is 10.0 Å². The molecule has 2 heterocycles. The Bertz CT molecular complexity index is 1810. The Balaban J connectivity index is 1.48. The van der Waals surface area contributed by atoms with Crippen LogP contribution in [0.4, 0.5) is 0 Å². The van der Waals surface area contributed by atoms with E-state index in [-0.39, 0.29) is 12.2 Å². The molecule has 1 aliphatic rings. The number of nitrogens with zero attached hydrogens (tertiary/aromatic N) is 2. The molecule has 210 valence electrons. The van der Waals surface area contributed by atoms with Gasteiger partial charge in [-0.05, 0) is 67.4 Å². The van der Waals surface area contributed by atoms with Crippen molar-refractivity contribution >= 4 is 46.6 Å². The Morgan fingerprint density at radius 3 is 2.41 bits per heavy atom. The zero-order valence-electron chi connectivity index (χ0n) is 22.5. The Hall–Kier alpha value is -3.85. The summed E-state index contributed by atoms with van der Waals surface area (Å²) >= 11 is 13.5. The summed E-state index contributed by atoms with van der Waals surface area (Å²) in [5, 5.41) is 1.11. The summed E-state index contributed by atoms with van der Waals surface area (Å²) in [6, 6.07) is 19.3. The van der Waals surface area contributed by atoms with E-state index in [1.54, 1.807) is 55.9 Å². The van der Waals surface area contributed by atoms with Gasteiger partial charge in [0, 0.05) is 15.6 Å². The van der Waals surface area contributed by atoms with E-state index in [1.807, 2.05) is 42.5 Å². The summed E-state index contributed by atoms with van der Waals surface area (Å²) in [5.74, 6) is 0.825. The van der Waals surface area contributed by atoms with Crippen LogP contribution in [0.15, 0.2) is 87.8 Å². The van der Waals surface area contributed by atoms with Crippen LogP contribution in [-0.2, 0) is 16.1 Å². The maximum atomic E-state index is 13.8. The van der Waals surface area contributed by atoms with Gasteiger partial charge in [0.05, 0.1) is 35.6 Å². The highest BCUT2D eigenvalue weighted by Gasteiger charge is 2.33. The molecule has 0 fully saturated rings. The van der Waals surface area contributed by atoms with Crippen molar-refractivity contribution in [3.05, 3.63) is 124 Å². The minimum Gasteiger partial charge on any atom is -0.497 e. The number of carbonyl (C=O) groups excluding carboxylic acids is 1. The van der Waals surface area contributed by atoms with Crippen LogP contribution in [0.3, 0.4) is 0 Å². The van der Waals surface area contributed by atoms with Gasteiger partial charge >= 0.3 is 5.97 Å². The second-order valence-electron chi connectivity index (χ2n) is 9.17. The van der Waals surface area contributed by atoms with Crippen molar-refractivity contribution in [2.75, 3.05) is 13.7 Å². The summed E-state index contributed by atoms with van der Waals surface area (Å²) in [6.07, 6.45) is 1.80. The topological polar surface area (TPSA) is 79.1 Å². The molecule has 10 heteroatoms. The number of carbonyl (C=O) groups is 1. The molecule has 0 aliphatic carbocycles. The molecule has 1 aliphatic heterocycles. The number of fused-ring (bicyclic) bond motifs is 1. The molecule has 0 saturated heterocycles. The third kappa shape index (κ3) is 6.10. The van der Waals surface area contributed by atoms with Gasteiger partial charge in [-0.15, -0.1) is 0 Å². The number of methoxy groups -OCH3 is 1. The van der Waals surface area contributed by atoms with Crippen molar-refractivity contribution in [2.45, 2.75) is 26.5 Å². The molecule has 4 aromatic rings. The van der Waals surface area contributed by atoms with Crippen LogP contribution in [0.5, 0.6) is 11.5 Å². The van der Waals surface area contributed by atoms with Gasteiger partial charge in [-0.2, -0.15) is 0 Å². The van der Waals surface area contributed by atoms with E-state index < -0.39 is 12.0 Å². The Morgan fingerprint density at radius 2 is 1.76 bits per heavy atom. The summed E-state index contributed by atoms with van der Waals surface area (Å²) in [5.41, 5.74) is 2.98. The Morgan fingerprint density at radius 1 is 1.05 bits per heavy atom. The molecule has 3 aromatic carbocycles. The van der Waals surface area contributed by atoms with Gasteiger partial charge in [0.2, 0.25) is 0 Å². The first kappa shape index (κ1) is 28.7. The average molecular weight is 610 g/mol. The van der Waals surface area contributed by atoms with E-state index >= 15 is 0 Å². The normalized spacial score (nSPS) is 14.9. The van der Waals surface area contributed by atoms with Gasteiger partial charge in [-0.1, -0.05) is 64.9 Å². The van der Waals surface area contributed by atoms with Crippen molar-refractivity contribution < 1.29 is 19.0 Å². The number of benzene rings is 3. The number of ether oxygens (including phenoxy) is 3. The van der Waals surface area contributed by atoms with E-state index in [1.165, 1.54) is 11.3 Å². The number of esters is 1. The zero-order chi connectivity index (χ0) is 29.1. The summed E-state index contributed by atoms with van der Waals surface area (Å²) in [6.45, 7) is 4.01. The van der Waals surface area contributed by atoms with E-state index in [9.17, 15) is 9.59 Å². The van der Waals surface area contributed by atoms with Gasteiger partial charge in [0.25, 0.3) is 5.56 Å². The first-order valence-corrected chi connectivity index (χ1v) is 14.4. The number of allylic oxidation sites excluding steroid dienone is 1. The molecule has 0 saturated carbocycles. The highest BCUT2D eigenvalue weighted by atomic mass is 35.5. The van der Waals surface area contributed by atoms with Gasteiger partial charge < -0.3 is 14.2 Å². The summed E-state index contributed by atoms with van der Waals surface area (Å²) < 4.78 is 18.6. The molecular weight excluding hydrogens is 583 g/mol. The maximum absolute atomic E-state index is 13.8. The minimum absolute atomic E-state index is 0.210. The third-order valence-corrected chi connectivity index (χ3v) is 8.11. The molecule has 0 unspecified atom stereocenters. The lowest BCUT2D eigenvalue weighted by Crippen LogP contribution is -2.39. The fraction of sp³-hybridized carbons (Fsp3) is 0.194. The molecule has 1 aromatic heterocycles. The van der Waals surface area contributed by atoms with Gasteiger partial charge in [-0.3, -0.25) is 9.36 Å². The molecule has 0 radical (unpaired) electrons. The quantitative estimate of drug-likeness (QED) is 0.240. The van der Waals surface area contributed by atoms with E-state index in [2.05, 4.69) is 4.99 Å². The van der Waals surface area contributed by atoms with Crippen molar-refractivity contribution in [3.63, 3.8) is 0 Å². The molecule has 5 rings (SSSR count). The zero-order valence-corrected chi connectivity index (χ0v) is 24.8. The number of aromatic nitrogens is 1. The van der Waals surface area contributed by atoms with Gasteiger partial charge in [0.15, 0.2) is 4.80 Å². The second-order valence-corrected chi connectivity index (χ2v) is 11.0. The highest BCUT2D eigenvalue weighted by molar-refractivity contribution is 7.07. The molecule has 0 amide bonds. The van der Waals surface area contributed by atoms with E-state index in [0.29, 0.717) is 48.8 Å². The predicted molar refractivity (Wildman–Crippen MR) is 161 cm³/mol. The van der Waals surface area contributed by atoms with Crippen LogP contribution in [-0.4, -0.2) is 24.3 Å². The van der Waals surface area contributed by atoms with Gasteiger partial charge in [0.1, 0.15) is 18.1 Å². The van der Waals surface area contributed by atoms with Crippen LogP contribution < -0.4 is 24.4 Å². The number of hydrogen-bond acceptors (Lipinski definition) is 7. The van der Waals surface area contributed by atoms with E-state index in [4.69, 9.17) is 37.4 Å². The predicted octanol–water partition coefficient (Wildman–Crippen LogP) is 5.69. The smallest absolute Gasteiger partial charge is 0.338 e. The molecule has 1 atom stereocenters. The SMILES string of the molecule is CCOC(=O)C1=C(C)N=c2s/c(=C/c3ccc(OCc4ccc(Cl)cc4Cl)cc3)c(=O)n2[C@H]1c1ccc(OC)cc1. The number of hydrogen-bond donors (Lipinski definition) is 0. The lowest BCUT2D eigenvalue weighted by molar-refractivity contribution is -0.139. The Kier molecular flexibility index (Phi) is 8.63. The standard InChI is InChI=1S/C31H26Cl2N2O5S/c1-4-39-30(37)27-18(2)34-31-35(28(27)20-8-13-23(38-3)14-9-20)29(36)26(41-31)15-19-5-11-24(12-6-19)40-17-21-7-10-22(32)16-25(21)33/h5-16,28H,4,17H2,1-3H3/b26-15+/t28-/m0/s1. The van der Waals surface area contributed by atoms with Crippen LogP contribution in [0.25, 0.3) is 6.08 Å². The Labute approximate surface area is 250 Å². The number of rotatable bonds is 8. The maximum Gasteiger partial charge on any atom is 0.338 e. The minimum atomic E-state index is -0.686. The average Bonchev–Trinajstić information content (AvgIpc) is 3.26. The fourth-order valence-corrected chi connectivity index (χ4v) is 6.01. The second kappa shape index (κ2) is 12.3. The van der Waals surface area contributed by atoms with Crippen molar-refractivity contribution in [1.82, 2.24) is 4.57 Å². The molecule has 0 N–H and O–H groups in total. The van der Waals surface area contributed by atoms with Crippen molar-refractivity contribution in [1.29, 1.82) is 0 Å². The molecular formula is C31H26Cl2N2O5S. The first-order chi connectivity index (χ1) is 19.8. The highest BCUT2D eigenvalue weighted by Crippen LogP contribution is 2.31. The molecule has 0 bridgehead atoms. The van der Waals surface area contributed by atoms with Crippen LogP contribution >= 0.6 is 34.5 Å². The summed E-state index contributed by atoms with van der Waals surface area (Å²) in [4.78, 5) is 31.9. The molecule has 7 nitrogen and oxygen atoms in total.